The minimum atomic E-state index is -0.229. The maximum absolute atomic E-state index is 11.4. The van der Waals surface area contributed by atoms with Gasteiger partial charge in [-0.05, 0) is 24.3 Å². The summed E-state index contributed by atoms with van der Waals surface area (Å²) in [5, 5.41) is 13.1. The molecule has 0 spiro atoms. The van der Waals surface area contributed by atoms with E-state index < -0.39 is 0 Å². The van der Waals surface area contributed by atoms with E-state index in [-0.39, 0.29) is 12.2 Å². The quantitative estimate of drug-likeness (QED) is 0.781. The summed E-state index contributed by atoms with van der Waals surface area (Å²) in [6, 6.07) is 8.91. The third kappa shape index (κ3) is 2.52. The van der Waals surface area contributed by atoms with Crippen LogP contribution in [-0.2, 0) is 0 Å². The lowest BCUT2D eigenvalue weighted by Crippen LogP contribution is -1.96. The summed E-state index contributed by atoms with van der Waals surface area (Å²) in [5.41, 5.74) is 1.24. The van der Waals surface area contributed by atoms with Gasteiger partial charge in [0.05, 0.1) is 29.9 Å². The van der Waals surface area contributed by atoms with Crippen molar-refractivity contribution in [1.29, 1.82) is 5.26 Å². The topological polar surface area (TPSA) is 58.7 Å². The monoisotopic (exact) mass is 245 g/mol. The third-order valence-electron chi connectivity index (χ3n) is 2.24. The molecule has 4 nitrogen and oxygen atoms in total. The normalized spacial score (nSPS) is 9.88. The number of carbonyl (C=O) groups excluding carboxylic acids is 1. The van der Waals surface area contributed by atoms with Gasteiger partial charge in [0.2, 0.25) is 0 Å². The highest BCUT2D eigenvalue weighted by Crippen LogP contribution is 2.13. The number of ketones is 1. The van der Waals surface area contributed by atoms with Crippen LogP contribution in [0.4, 0.5) is 0 Å². The average Bonchev–Trinajstić information content (AvgIpc) is 2.80. The Kier molecular flexibility index (Phi) is 3.22. The van der Waals surface area contributed by atoms with E-state index >= 15 is 0 Å². The van der Waals surface area contributed by atoms with E-state index in [1.165, 1.54) is 6.20 Å². The van der Waals surface area contributed by atoms with E-state index in [2.05, 4.69) is 5.10 Å². The van der Waals surface area contributed by atoms with Crippen molar-refractivity contribution in [3.63, 3.8) is 0 Å². The molecule has 0 radical (unpaired) electrons. The molecule has 0 saturated heterocycles. The van der Waals surface area contributed by atoms with E-state index in [1.54, 1.807) is 35.1 Å². The lowest BCUT2D eigenvalue weighted by molar-refractivity contribution is 0.0997. The molecule has 1 aromatic carbocycles. The van der Waals surface area contributed by atoms with Crippen molar-refractivity contribution in [3.8, 4) is 11.8 Å². The van der Waals surface area contributed by atoms with Crippen LogP contribution in [-0.4, -0.2) is 15.6 Å². The Labute approximate surface area is 103 Å². The molecule has 1 heterocycles. The molecule has 0 N–H and O–H groups in total. The zero-order valence-electron chi connectivity index (χ0n) is 8.80. The molecule has 0 atom stereocenters. The lowest BCUT2D eigenvalue weighted by atomic mass is 10.2. The summed E-state index contributed by atoms with van der Waals surface area (Å²) in [4.78, 5) is 11.4. The van der Waals surface area contributed by atoms with Crippen molar-refractivity contribution < 1.29 is 4.79 Å². The summed E-state index contributed by atoms with van der Waals surface area (Å²) >= 11 is 5.78. The highest BCUT2D eigenvalue weighted by molar-refractivity contribution is 6.30. The van der Waals surface area contributed by atoms with Gasteiger partial charge in [-0.25, -0.2) is 4.68 Å². The zero-order valence-corrected chi connectivity index (χ0v) is 9.55. The first kappa shape index (κ1) is 11.4. The molecular weight excluding hydrogens is 238 g/mol. The molecule has 0 amide bonds. The second-order valence-corrected chi connectivity index (χ2v) is 3.84. The largest absolute Gasteiger partial charge is 0.293 e. The lowest BCUT2D eigenvalue weighted by Gasteiger charge is -1.99. The minimum Gasteiger partial charge on any atom is -0.293 e. The molecule has 0 aliphatic rings. The standard InChI is InChI=1S/C12H8ClN3O/c13-10-1-3-11(4-2-10)16-8-9(7-15-16)12(17)5-6-14/h1-4,7-8H,5H2. The Balaban J connectivity index is 2.27. The molecule has 5 heteroatoms. The number of nitriles is 1. The Morgan fingerprint density at radius 1 is 1.41 bits per heavy atom. The highest BCUT2D eigenvalue weighted by Gasteiger charge is 2.08. The van der Waals surface area contributed by atoms with Crippen LogP contribution in [0.15, 0.2) is 36.7 Å². The number of carbonyl (C=O) groups is 1. The zero-order chi connectivity index (χ0) is 12.3. The van der Waals surface area contributed by atoms with Crippen LogP contribution in [0.25, 0.3) is 5.69 Å². The van der Waals surface area contributed by atoms with E-state index in [0.29, 0.717) is 10.6 Å². The van der Waals surface area contributed by atoms with Crippen molar-refractivity contribution in [2.75, 3.05) is 0 Å². The van der Waals surface area contributed by atoms with E-state index in [4.69, 9.17) is 16.9 Å². The molecule has 2 rings (SSSR count). The molecule has 17 heavy (non-hydrogen) atoms. The maximum Gasteiger partial charge on any atom is 0.180 e. The van der Waals surface area contributed by atoms with E-state index in [0.717, 1.165) is 5.69 Å². The van der Waals surface area contributed by atoms with Crippen LogP contribution in [0.1, 0.15) is 16.8 Å². The Bertz CT molecular complexity index is 581. The molecule has 0 aliphatic carbocycles. The molecule has 0 unspecified atom stereocenters. The van der Waals surface area contributed by atoms with E-state index in [1.807, 2.05) is 6.07 Å². The fourth-order valence-electron chi connectivity index (χ4n) is 1.38. The predicted molar refractivity (Wildman–Crippen MR) is 63.1 cm³/mol. The molecule has 84 valence electrons. The van der Waals surface area contributed by atoms with Crippen LogP contribution >= 0.6 is 11.6 Å². The first-order chi connectivity index (χ1) is 8.20. The molecule has 0 aliphatic heterocycles. The van der Waals surface area contributed by atoms with Gasteiger partial charge < -0.3 is 0 Å². The SMILES string of the molecule is N#CCC(=O)c1cnn(-c2ccc(Cl)cc2)c1. The molecule has 2 aromatic rings. The average molecular weight is 246 g/mol. The second kappa shape index (κ2) is 4.81. The summed E-state index contributed by atoms with van der Waals surface area (Å²) in [5.74, 6) is -0.229. The molecule has 0 fully saturated rings. The number of aromatic nitrogens is 2. The van der Waals surface area contributed by atoms with Crippen molar-refractivity contribution in [2.45, 2.75) is 6.42 Å². The summed E-state index contributed by atoms with van der Waals surface area (Å²) in [6.07, 6.45) is 2.92. The highest BCUT2D eigenvalue weighted by atomic mass is 35.5. The number of hydrogen-bond donors (Lipinski definition) is 0. The minimum absolute atomic E-state index is 0.133. The van der Waals surface area contributed by atoms with Crippen LogP contribution in [0.2, 0.25) is 5.02 Å². The van der Waals surface area contributed by atoms with Gasteiger partial charge in [-0.1, -0.05) is 11.6 Å². The summed E-state index contributed by atoms with van der Waals surface area (Å²) < 4.78 is 1.57. The van der Waals surface area contributed by atoms with Crippen molar-refractivity contribution >= 4 is 17.4 Å². The predicted octanol–water partition coefficient (Wildman–Crippen LogP) is 2.62. The van der Waals surface area contributed by atoms with Gasteiger partial charge >= 0.3 is 0 Å². The Morgan fingerprint density at radius 2 is 2.12 bits per heavy atom. The molecule has 0 bridgehead atoms. The maximum atomic E-state index is 11.4. The van der Waals surface area contributed by atoms with Gasteiger partial charge in [-0.2, -0.15) is 10.4 Å². The van der Waals surface area contributed by atoms with Gasteiger partial charge in [0, 0.05) is 11.2 Å². The fraction of sp³-hybridized carbons (Fsp3) is 0.0833. The number of Topliss-reactive ketones (excluding diaryl/α,β-unsaturated/α-hetero) is 1. The molecule has 1 aromatic heterocycles. The van der Waals surface area contributed by atoms with Crippen molar-refractivity contribution in [1.82, 2.24) is 9.78 Å². The number of halogens is 1. The van der Waals surface area contributed by atoms with Crippen LogP contribution in [0.3, 0.4) is 0 Å². The first-order valence-corrected chi connectivity index (χ1v) is 5.29. The van der Waals surface area contributed by atoms with E-state index in [9.17, 15) is 4.79 Å². The molecular formula is C12H8ClN3O. The number of benzene rings is 1. The van der Waals surface area contributed by atoms with Crippen LogP contribution in [0.5, 0.6) is 0 Å². The Morgan fingerprint density at radius 3 is 2.76 bits per heavy atom. The second-order valence-electron chi connectivity index (χ2n) is 3.41. The van der Waals surface area contributed by atoms with Crippen molar-refractivity contribution in [2.24, 2.45) is 0 Å². The summed E-state index contributed by atoms with van der Waals surface area (Å²) in [6.45, 7) is 0. The van der Waals surface area contributed by atoms with Crippen molar-refractivity contribution in [3.05, 3.63) is 47.2 Å². The van der Waals surface area contributed by atoms with Gasteiger partial charge in [0.1, 0.15) is 0 Å². The number of nitrogens with zero attached hydrogens (tertiary/aromatic N) is 3. The molecule has 0 saturated carbocycles. The fourth-order valence-corrected chi connectivity index (χ4v) is 1.50. The smallest absolute Gasteiger partial charge is 0.180 e. The van der Waals surface area contributed by atoms with Crippen LogP contribution in [0, 0.1) is 11.3 Å². The van der Waals surface area contributed by atoms with Gasteiger partial charge in [-0.15, -0.1) is 0 Å². The third-order valence-corrected chi connectivity index (χ3v) is 2.49. The summed E-state index contributed by atoms with van der Waals surface area (Å²) in [7, 11) is 0. The Hall–Kier alpha value is -2.12. The number of hydrogen-bond acceptors (Lipinski definition) is 3. The van der Waals surface area contributed by atoms with Gasteiger partial charge in [-0.3, -0.25) is 4.79 Å². The van der Waals surface area contributed by atoms with Crippen LogP contribution < -0.4 is 0 Å². The number of rotatable bonds is 3. The van der Waals surface area contributed by atoms with Gasteiger partial charge in [0.25, 0.3) is 0 Å². The first-order valence-electron chi connectivity index (χ1n) is 4.91. The van der Waals surface area contributed by atoms with Gasteiger partial charge in [0.15, 0.2) is 5.78 Å².